The first-order chi connectivity index (χ1) is 7.50. The molecular formula is C12H16N4. The molecular weight excluding hydrogens is 200 g/mol. The van der Waals surface area contributed by atoms with Crippen molar-refractivity contribution in [3.63, 3.8) is 0 Å². The van der Waals surface area contributed by atoms with Gasteiger partial charge < -0.3 is 5.73 Å². The van der Waals surface area contributed by atoms with Gasteiger partial charge in [-0.05, 0) is 44.9 Å². The Morgan fingerprint density at radius 2 is 1.88 bits per heavy atom. The summed E-state index contributed by atoms with van der Waals surface area (Å²) in [6.45, 7) is 8.04. The zero-order valence-electron chi connectivity index (χ0n) is 10.1. The topological polar surface area (TPSA) is 56.7 Å². The van der Waals surface area contributed by atoms with Gasteiger partial charge in [-0.15, -0.1) is 0 Å². The molecule has 0 aliphatic carbocycles. The van der Waals surface area contributed by atoms with Crippen LogP contribution in [0.2, 0.25) is 0 Å². The normalized spacial score (nSPS) is 10.8. The molecule has 0 aliphatic rings. The Kier molecular flexibility index (Phi) is 2.42. The highest BCUT2D eigenvalue weighted by molar-refractivity contribution is 5.54. The predicted molar refractivity (Wildman–Crippen MR) is 64.7 cm³/mol. The first-order valence-corrected chi connectivity index (χ1v) is 5.26. The van der Waals surface area contributed by atoms with Gasteiger partial charge in [-0.2, -0.15) is 5.10 Å². The van der Waals surface area contributed by atoms with Gasteiger partial charge in [0.15, 0.2) is 5.82 Å². The summed E-state index contributed by atoms with van der Waals surface area (Å²) in [4.78, 5) is 4.34. The maximum absolute atomic E-state index is 5.96. The van der Waals surface area contributed by atoms with Crippen LogP contribution in [0.3, 0.4) is 0 Å². The van der Waals surface area contributed by atoms with Crippen molar-refractivity contribution in [2.24, 2.45) is 0 Å². The van der Waals surface area contributed by atoms with Gasteiger partial charge in [0.2, 0.25) is 0 Å². The van der Waals surface area contributed by atoms with E-state index in [4.69, 9.17) is 5.73 Å². The molecule has 0 bridgehead atoms. The summed E-state index contributed by atoms with van der Waals surface area (Å²) in [6.07, 6.45) is 1.80. The van der Waals surface area contributed by atoms with Crippen LogP contribution in [-0.4, -0.2) is 14.8 Å². The van der Waals surface area contributed by atoms with Gasteiger partial charge in [0.1, 0.15) is 0 Å². The van der Waals surface area contributed by atoms with E-state index in [1.54, 1.807) is 10.9 Å². The van der Waals surface area contributed by atoms with Crippen LogP contribution in [0.4, 0.5) is 5.69 Å². The molecule has 0 unspecified atom stereocenters. The second kappa shape index (κ2) is 3.63. The van der Waals surface area contributed by atoms with Gasteiger partial charge in [-0.1, -0.05) is 0 Å². The van der Waals surface area contributed by atoms with Gasteiger partial charge in [0.25, 0.3) is 0 Å². The van der Waals surface area contributed by atoms with Crippen LogP contribution in [-0.2, 0) is 0 Å². The summed E-state index contributed by atoms with van der Waals surface area (Å²) >= 11 is 0. The van der Waals surface area contributed by atoms with Gasteiger partial charge in [-0.25, -0.2) is 9.67 Å². The van der Waals surface area contributed by atoms with E-state index < -0.39 is 0 Å². The lowest BCUT2D eigenvalue weighted by Gasteiger charge is -2.07. The quantitative estimate of drug-likeness (QED) is 0.794. The third-order valence-electron chi connectivity index (χ3n) is 2.89. The minimum Gasteiger partial charge on any atom is -0.396 e. The highest BCUT2D eigenvalue weighted by Crippen LogP contribution is 2.20. The summed E-state index contributed by atoms with van der Waals surface area (Å²) in [7, 11) is 0. The number of aromatic nitrogens is 3. The number of aryl methyl sites for hydroxylation is 2. The molecule has 0 amide bonds. The lowest BCUT2D eigenvalue weighted by Crippen LogP contribution is -2.06. The van der Waals surface area contributed by atoms with E-state index in [1.165, 1.54) is 5.56 Å². The molecule has 0 aliphatic heterocycles. The van der Waals surface area contributed by atoms with Gasteiger partial charge in [-0.3, -0.25) is 0 Å². The Labute approximate surface area is 95.1 Å². The number of pyridine rings is 1. The Morgan fingerprint density at radius 1 is 1.19 bits per heavy atom. The number of rotatable bonds is 1. The second-order valence-electron chi connectivity index (χ2n) is 4.13. The lowest BCUT2D eigenvalue weighted by atomic mass is 10.2. The van der Waals surface area contributed by atoms with Crippen molar-refractivity contribution in [3.8, 4) is 5.82 Å². The van der Waals surface area contributed by atoms with E-state index in [0.29, 0.717) is 11.5 Å². The molecule has 0 atom stereocenters. The van der Waals surface area contributed by atoms with Crippen LogP contribution >= 0.6 is 0 Å². The molecule has 0 spiro atoms. The van der Waals surface area contributed by atoms with E-state index in [-0.39, 0.29) is 0 Å². The van der Waals surface area contributed by atoms with E-state index in [0.717, 1.165) is 17.0 Å². The number of hydrogen-bond donors (Lipinski definition) is 1. The molecule has 2 aromatic rings. The molecule has 4 nitrogen and oxygen atoms in total. The zero-order chi connectivity index (χ0) is 11.9. The largest absolute Gasteiger partial charge is 0.396 e. The van der Waals surface area contributed by atoms with Crippen molar-refractivity contribution in [1.29, 1.82) is 0 Å². The Morgan fingerprint density at radius 3 is 2.38 bits per heavy atom. The molecule has 0 saturated carbocycles. The number of nitrogens with zero attached hydrogens (tertiary/aromatic N) is 3. The number of nitrogen functional groups attached to an aromatic ring is 1. The second-order valence-corrected chi connectivity index (χ2v) is 4.13. The standard InChI is InChI=1S/C12H16N4/c1-7-5-11(13)12(14-6-7)16-10(4)8(2)9(3)15-16/h5-6H,13H2,1-4H3. The summed E-state index contributed by atoms with van der Waals surface area (Å²) in [5.74, 6) is 0.708. The van der Waals surface area contributed by atoms with Crippen LogP contribution in [0, 0.1) is 27.7 Å². The SMILES string of the molecule is Cc1cnc(-n2nc(C)c(C)c2C)c(N)c1. The molecule has 2 rings (SSSR count). The van der Waals surface area contributed by atoms with E-state index in [1.807, 2.05) is 26.8 Å². The van der Waals surface area contributed by atoms with Crippen molar-refractivity contribution >= 4 is 5.69 Å². The number of anilines is 1. The smallest absolute Gasteiger partial charge is 0.176 e. The van der Waals surface area contributed by atoms with Gasteiger partial charge >= 0.3 is 0 Å². The molecule has 4 heteroatoms. The maximum Gasteiger partial charge on any atom is 0.176 e. The van der Waals surface area contributed by atoms with Crippen molar-refractivity contribution < 1.29 is 0 Å². The molecule has 0 saturated heterocycles. The zero-order valence-corrected chi connectivity index (χ0v) is 10.1. The van der Waals surface area contributed by atoms with E-state index in [9.17, 15) is 0 Å². The summed E-state index contributed by atoms with van der Waals surface area (Å²) in [5, 5.41) is 4.44. The van der Waals surface area contributed by atoms with Crippen molar-refractivity contribution in [1.82, 2.24) is 14.8 Å². The van der Waals surface area contributed by atoms with E-state index >= 15 is 0 Å². The number of hydrogen-bond acceptors (Lipinski definition) is 3. The van der Waals surface area contributed by atoms with Crippen LogP contribution < -0.4 is 5.73 Å². The highest BCUT2D eigenvalue weighted by atomic mass is 15.3. The Balaban J connectivity index is 2.63. The maximum atomic E-state index is 5.96. The fourth-order valence-corrected chi connectivity index (χ4v) is 1.69. The van der Waals surface area contributed by atoms with E-state index in [2.05, 4.69) is 17.0 Å². The summed E-state index contributed by atoms with van der Waals surface area (Å²) in [5.41, 5.74) is 11.0. The van der Waals surface area contributed by atoms with Crippen molar-refractivity contribution in [2.45, 2.75) is 27.7 Å². The van der Waals surface area contributed by atoms with Gasteiger partial charge in [0, 0.05) is 11.9 Å². The average Bonchev–Trinajstić information content (AvgIpc) is 2.46. The van der Waals surface area contributed by atoms with Crippen molar-refractivity contribution in [2.75, 3.05) is 5.73 Å². The molecule has 2 heterocycles. The fraction of sp³-hybridized carbons (Fsp3) is 0.333. The molecule has 0 aromatic carbocycles. The molecule has 84 valence electrons. The number of nitrogens with two attached hydrogens (primary N) is 1. The summed E-state index contributed by atoms with van der Waals surface area (Å²) in [6, 6.07) is 1.91. The lowest BCUT2D eigenvalue weighted by molar-refractivity contribution is 0.807. The molecule has 2 aromatic heterocycles. The van der Waals surface area contributed by atoms with Crippen LogP contribution in [0.15, 0.2) is 12.3 Å². The average molecular weight is 216 g/mol. The first-order valence-electron chi connectivity index (χ1n) is 5.26. The molecule has 0 fully saturated rings. The van der Waals surface area contributed by atoms with Gasteiger partial charge in [0.05, 0.1) is 11.4 Å². The predicted octanol–water partition coefficient (Wildman–Crippen LogP) is 2.08. The van der Waals surface area contributed by atoms with Crippen LogP contribution in [0.25, 0.3) is 5.82 Å². The van der Waals surface area contributed by atoms with Crippen molar-refractivity contribution in [3.05, 3.63) is 34.8 Å². The molecule has 2 N–H and O–H groups in total. The highest BCUT2D eigenvalue weighted by Gasteiger charge is 2.12. The fourth-order valence-electron chi connectivity index (χ4n) is 1.69. The third-order valence-corrected chi connectivity index (χ3v) is 2.89. The minimum atomic E-state index is 0.658. The third kappa shape index (κ3) is 1.56. The minimum absolute atomic E-state index is 0.658. The first kappa shape index (κ1) is 10.7. The Bertz CT molecular complexity index is 540. The molecule has 0 radical (unpaired) electrons. The van der Waals surface area contributed by atoms with Crippen LogP contribution in [0.5, 0.6) is 0 Å². The monoisotopic (exact) mass is 216 g/mol. The molecule has 16 heavy (non-hydrogen) atoms. The van der Waals surface area contributed by atoms with Crippen LogP contribution in [0.1, 0.15) is 22.5 Å². The Hall–Kier alpha value is -1.84. The summed E-state index contributed by atoms with van der Waals surface area (Å²) < 4.78 is 1.80.